The van der Waals surface area contributed by atoms with Crippen LogP contribution in [-0.2, 0) is 25.7 Å². The molecule has 4 N–H and O–H groups in total. The van der Waals surface area contributed by atoms with Crippen LogP contribution in [0.1, 0.15) is 56.3 Å². The minimum atomic E-state index is -0.277. The number of aromatic hydroxyl groups is 4. The van der Waals surface area contributed by atoms with Gasteiger partial charge in [-0.3, -0.25) is 0 Å². The van der Waals surface area contributed by atoms with Gasteiger partial charge in [0.2, 0.25) is 0 Å². The van der Waals surface area contributed by atoms with Gasteiger partial charge in [-0.15, -0.1) is 26.3 Å². The Bertz CT molecular complexity index is 1370. The van der Waals surface area contributed by atoms with Gasteiger partial charge < -0.3 is 20.4 Å². The van der Waals surface area contributed by atoms with Crippen molar-refractivity contribution in [2.45, 2.75) is 37.5 Å². The summed E-state index contributed by atoms with van der Waals surface area (Å²) in [6, 6.07) is 22.6. The van der Waals surface area contributed by atoms with Crippen molar-refractivity contribution in [1.29, 1.82) is 0 Å². The first kappa shape index (κ1) is 30.0. The van der Waals surface area contributed by atoms with Crippen LogP contribution < -0.4 is 0 Å². The van der Waals surface area contributed by atoms with Crippen LogP contribution in [0.2, 0.25) is 0 Å². The second kappa shape index (κ2) is 13.6. The van der Waals surface area contributed by atoms with Crippen LogP contribution in [0.5, 0.6) is 23.0 Å². The van der Waals surface area contributed by atoms with Crippen molar-refractivity contribution in [1.82, 2.24) is 0 Å². The molecule has 0 unspecified atom stereocenters. The number of phenols is 4. The molecule has 42 heavy (non-hydrogen) atoms. The Balaban J connectivity index is 2.08. The third kappa shape index (κ3) is 6.50. The van der Waals surface area contributed by atoms with E-state index in [2.05, 4.69) is 26.3 Å². The molecule has 4 heteroatoms. The normalized spacial score (nSPS) is 11.0. The summed E-state index contributed by atoms with van der Waals surface area (Å²) in [7, 11) is 0. The van der Waals surface area contributed by atoms with E-state index < -0.39 is 0 Å². The molecule has 214 valence electrons. The predicted octanol–water partition coefficient (Wildman–Crippen LogP) is 8.39. The van der Waals surface area contributed by atoms with Gasteiger partial charge >= 0.3 is 0 Å². The van der Waals surface area contributed by atoms with Crippen molar-refractivity contribution in [3.05, 3.63) is 168 Å². The number of phenolic OH excluding ortho intramolecular Hbond substituents is 4. The van der Waals surface area contributed by atoms with E-state index in [1.165, 1.54) is 0 Å². The van der Waals surface area contributed by atoms with Crippen molar-refractivity contribution in [3.63, 3.8) is 0 Å². The fourth-order valence-electron chi connectivity index (χ4n) is 5.63. The second-order valence-electron chi connectivity index (χ2n) is 10.5. The topological polar surface area (TPSA) is 80.9 Å². The van der Waals surface area contributed by atoms with Gasteiger partial charge in [0.25, 0.3) is 0 Å². The fourth-order valence-corrected chi connectivity index (χ4v) is 5.63. The van der Waals surface area contributed by atoms with Crippen LogP contribution in [0.4, 0.5) is 0 Å². The molecule has 0 aliphatic heterocycles. The van der Waals surface area contributed by atoms with E-state index in [0.29, 0.717) is 25.7 Å². The summed E-state index contributed by atoms with van der Waals surface area (Å²) in [6.07, 6.45) is 9.04. The summed E-state index contributed by atoms with van der Waals surface area (Å²) < 4.78 is 0. The van der Waals surface area contributed by atoms with Crippen LogP contribution in [0.25, 0.3) is 0 Å². The fraction of sp³-hybridized carbons (Fsp3) is 0.158. The lowest BCUT2D eigenvalue weighted by atomic mass is 9.72. The average molecular weight is 559 g/mol. The largest absolute Gasteiger partial charge is 0.508 e. The molecule has 0 atom stereocenters. The van der Waals surface area contributed by atoms with E-state index in [1.807, 2.05) is 48.5 Å². The lowest BCUT2D eigenvalue weighted by Gasteiger charge is -2.31. The molecule has 0 heterocycles. The van der Waals surface area contributed by atoms with E-state index in [0.717, 1.165) is 44.5 Å². The zero-order valence-corrected chi connectivity index (χ0v) is 23.8. The Hall–Kier alpha value is -4.96. The van der Waals surface area contributed by atoms with E-state index in [-0.39, 0.29) is 34.8 Å². The molecule has 4 rings (SSSR count). The van der Waals surface area contributed by atoms with E-state index >= 15 is 0 Å². The molecule has 4 aromatic rings. The maximum absolute atomic E-state index is 10.6. The SMILES string of the molecule is C=CCc1cc(C(c2ccc(O)c(CC=C)c2)C(c2ccc(O)c(CC=C)c2)c2ccc(O)c(CC=C)c2)ccc1O. The van der Waals surface area contributed by atoms with Crippen molar-refractivity contribution in [2.24, 2.45) is 0 Å². The molecule has 0 radical (unpaired) electrons. The third-order valence-corrected chi connectivity index (χ3v) is 7.64. The Morgan fingerprint density at radius 3 is 0.810 bits per heavy atom. The molecular formula is C38H38O4. The first-order valence-corrected chi connectivity index (χ1v) is 14.0. The molecule has 4 nitrogen and oxygen atoms in total. The summed E-state index contributed by atoms with van der Waals surface area (Å²) >= 11 is 0. The number of rotatable bonds is 13. The predicted molar refractivity (Wildman–Crippen MR) is 172 cm³/mol. The monoisotopic (exact) mass is 558 g/mol. The van der Waals surface area contributed by atoms with Gasteiger partial charge in [0.1, 0.15) is 23.0 Å². The highest BCUT2D eigenvalue weighted by molar-refractivity contribution is 5.53. The van der Waals surface area contributed by atoms with Gasteiger partial charge in [-0.2, -0.15) is 0 Å². The smallest absolute Gasteiger partial charge is 0.119 e. The standard InChI is InChI=1S/C38H38O4/c1-5-9-25-21-29(13-17-33(25)39)37(30-14-18-34(40)26(22-30)10-6-2)38(31-15-19-35(41)27(23-31)11-7-3)32-16-20-36(42)28(24-32)12-8-4/h5-8,13-24,37-42H,1-4,9-12H2. The molecule has 0 amide bonds. The van der Waals surface area contributed by atoms with E-state index in [4.69, 9.17) is 0 Å². The molecule has 0 saturated heterocycles. The van der Waals surface area contributed by atoms with Gasteiger partial charge in [0.15, 0.2) is 0 Å². The first-order valence-electron chi connectivity index (χ1n) is 14.0. The molecule has 4 aromatic carbocycles. The molecule has 0 aliphatic rings. The van der Waals surface area contributed by atoms with Crippen LogP contribution in [-0.4, -0.2) is 20.4 Å². The van der Waals surface area contributed by atoms with Gasteiger partial charge in [-0.05, 0) is 94.5 Å². The number of hydrogen-bond donors (Lipinski definition) is 4. The molecule has 0 aliphatic carbocycles. The molecule has 0 bridgehead atoms. The van der Waals surface area contributed by atoms with Gasteiger partial charge in [0, 0.05) is 11.8 Å². The molecule has 0 spiro atoms. The minimum absolute atomic E-state index is 0.197. The van der Waals surface area contributed by atoms with E-state index in [1.54, 1.807) is 48.6 Å². The first-order chi connectivity index (χ1) is 20.3. The highest BCUT2D eigenvalue weighted by Crippen LogP contribution is 2.46. The van der Waals surface area contributed by atoms with Gasteiger partial charge in [0.05, 0.1) is 0 Å². The number of allylic oxidation sites excluding steroid dienone is 4. The van der Waals surface area contributed by atoms with Crippen LogP contribution in [0.15, 0.2) is 123 Å². The van der Waals surface area contributed by atoms with Crippen molar-refractivity contribution >= 4 is 0 Å². The summed E-state index contributed by atoms with van der Waals surface area (Å²) in [5.41, 5.74) is 6.87. The summed E-state index contributed by atoms with van der Waals surface area (Å²) in [5.74, 6) is 0.234. The molecular weight excluding hydrogens is 520 g/mol. The summed E-state index contributed by atoms with van der Waals surface area (Å²) in [4.78, 5) is 0. The van der Waals surface area contributed by atoms with E-state index in [9.17, 15) is 20.4 Å². The average Bonchev–Trinajstić information content (AvgIpc) is 2.97. The quantitative estimate of drug-likeness (QED) is 0.124. The highest BCUT2D eigenvalue weighted by atomic mass is 16.3. The molecule has 0 aromatic heterocycles. The zero-order valence-electron chi connectivity index (χ0n) is 23.8. The summed E-state index contributed by atoms with van der Waals surface area (Å²) in [6.45, 7) is 15.4. The van der Waals surface area contributed by atoms with Gasteiger partial charge in [-0.1, -0.05) is 72.8 Å². The highest BCUT2D eigenvalue weighted by Gasteiger charge is 2.30. The lowest BCUT2D eigenvalue weighted by molar-refractivity contribution is 0.467. The molecule has 0 fully saturated rings. The maximum Gasteiger partial charge on any atom is 0.119 e. The van der Waals surface area contributed by atoms with Crippen LogP contribution in [0, 0.1) is 0 Å². The third-order valence-electron chi connectivity index (χ3n) is 7.64. The number of hydrogen-bond acceptors (Lipinski definition) is 4. The summed E-state index contributed by atoms with van der Waals surface area (Å²) in [5, 5.41) is 42.5. The van der Waals surface area contributed by atoms with Crippen molar-refractivity contribution in [2.75, 3.05) is 0 Å². The Labute approximate surface area is 248 Å². The minimum Gasteiger partial charge on any atom is -0.508 e. The zero-order chi connectivity index (χ0) is 30.2. The number of benzene rings is 4. The van der Waals surface area contributed by atoms with Crippen molar-refractivity contribution in [3.8, 4) is 23.0 Å². The van der Waals surface area contributed by atoms with Crippen molar-refractivity contribution < 1.29 is 20.4 Å². The second-order valence-corrected chi connectivity index (χ2v) is 10.5. The van der Waals surface area contributed by atoms with Gasteiger partial charge in [-0.25, -0.2) is 0 Å². The van der Waals surface area contributed by atoms with Crippen LogP contribution >= 0.6 is 0 Å². The Kier molecular flexibility index (Phi) is 9.72. The Morgan fingerprint density at radius 1 is 0.405 bits per heavy atom. The van der Waals surface area contributed by atoms with Crippen LogP contribution in [0.3, 0.4) is 0 Å². The lowest BCUT2D eigenvalue weighted by Crippen LogP contribution is -2.16. The molecule has 0 saturated carbocycles. The maximum atomic E-state index is 10.6. The Morgan fingerprint density at radius 2 is 0.619 bits per heavy atom.